The lowest BCUT2D eigenvalue weighted by molar-refractivity contribution is -0.120. The zero-order valence-electron chi connectivity index (χ0n) is 11.9. The molecular weight excluding hydrogens is 321 g/mol. The first-order valence-electron chi connectivity index (χ1n) is 6.67. The smallest absolute Gasteiger partial charge is 0.259 e. The fourth-order valence-electron chi connectivity index (χ4n) is 1.69. The fourth-order valence-corrected chi connectivity index (χ4v) is 1.88. The minimum atomic E-state index is -0.673. The number of hydrogen-bond acceptors (Lipinski definition) is 3. The van der Waals surface area contributed by atoms with Gasteiger partial charge in [0.2, 0.25) is 0 Å². The van der Waals surface area contributed by atoms with Gasteiger partial charge in [-0.2, -0.15) is 5.10 Å². The van der Waals surface area contributed by atoms with Gasteiger partial charge < -0.3 is 5.32 Å². The zero-order valence-corrected chi connectivity index (χ0v) is 12.7. The second-order valence-electron chi connectivity index (χ2n) is 4.48. The van der Waals surface area contributed by atoms with Gasteiger partial charge in [0.1, 0.15) is 5.82 Å². The van der Waals surface area contributed by atoms with Gasteiger partial charge in [-0.25, -0.2) is 9.82 Å². The Morgan fingerprint density at radius 2 is 1.83 bits per heavy atom. The predicted molar refractivity (Wildman–Crippen MR) is 85.9 cm³/mol. The lowest BCUT2D eigenvalue weighted by Crippen LogP contribution is -2.35. The van der Waals surface area contributed by atoms with Crippen LogP contribution in [0.2, 0.25) is 5.02 Å². The van der Waals surface area contributed by atoms with Gasteiger partial charge in [-0.1, -0.05) is 41.9 Å². The summed E-state index contributed by atoms with van der Waals surface area (Å²) >= 11 is 5.93. The van der Waals surface area contributed by atoms with Gasteiger partial charge in [-0.05, 0) is 18.2 Å². The number of carbonyl (C=O) groups excluding carboxylic acids is 2. The Hall–Kier alpha value is -2.73. The fraction of sp³-hybridized carbons (Fsp3) is 0.0625. The van der Waals surface area contributed by atoms with Crippen molar-refractivity contribution in [3.63, 3.8) is 0 Å². The second-order valence-corrected chi connectivity index (χ2v) is 4.88. The van der Waals surface area contributed by atoms with Crippen LogP contribution in [-0.2, 0) is 4.79 Å². The summed E-state index contributed by atoms with van der Waals surface area (Å²) in [5.74, 6) is -1.87. The third-order valence-corrected chi connectivity index (χ3v) is 3.17. The molecule has 0 heterocycles. The van der Waals surface area contributed by atoms with Crippen LogP contribution in [0.3, 0.4) is 0 Å². The van der Waals surface area contributed by atoms with E-state index in [-0.39, 0.29) is 12.1 Å². The summed E-state index contributed by atoms with van der Waals surface area (Å²) in [6.45, 7) is -0.326. The van der Waals surface area contributed by atoms with Crippen LogP contribution in [0.4, 0.5) is 4.39 Å². The van der Waals surface area contributed by atoms with E-state index in [1.807, 2.05) is 0 Å². The molecule has 0 spiro atoms. The van der Waals surface area contributed by atoms with E-state index in [0.717, 1.165) is 0 Å². The summed E-state index contributed by atoms with van der Waals surface area (Å²) in [5, 5.41) is 6.54. The highest BCUT2D eigenvalue weighted by Crippen LogP contribution is 2.12. The monoisotopic (exact) mass is 333 g/mol. The first-order valence-corrected chi connectivity index (χ1v) is 7.05. The van der Waals surface area contributed by atoms with E-state index in [1.165, 1.54) is 30.5 Å². The van der Waals surface area contributed by atoms with Crippen molar-refractivity contribution in [3.05, 3.63) is 70.5 Å². The van der Waals surface area contributed by atoms with E-state index >= 15 is 0 Å². The molecule has 0 aliphatic rings. The number of benzene rings is 2. The highest BCUT2D eigenvalue weighted by Gasteiger charge is 2.11. The lowest BCUT2D eigenvalue weighted by atomic mass is 10.2. The Morgan fingerprint density at radius 1 is 1.13 bits per heavy atom. The van der Waals surface area contributed by atoms with Crippen LogP contribution >= 0.6 is 11.6 Å². The van der Waals surface area contributed by atoms with Crippen molar-refractivity contribution in [1.82, 2.24) is 10.7 Å². The largest absolute Gasteiger partial charge is 0.343 e. The number of nitrogens with one attached hydrogen (secondary N) is 2. The number of halogens is 2. The van der Waals surface area contributed by atoms with Crippen LogP contribution in [-0.4, -0.2) is 24.6 Å². The Kier molecular flexibility index (Phi) is 5.82. The standard InChI is InChI=1S/C16H13ClFN3O2/c17-13-7-3-1-5-11(13)9-20-21-15(22)10-19-16(23)12-6-2-4-8-14(12)18/h1-9H,10H2,(H,19,23)(H,21,22)/b20-9-. The molecule has 0 unspecified atom stereocenters. The van der Waals surface area contributed by atoms with Crippen LogP contribution in [0.25, 0.3) is 0 Å². The zero-order chi connectivity index (χ0) is 16.7. The number of hydrogen-bond donors (Lipinski definition) is 2. The average molecular weight is 334 g/mol. The van der Waals surface area contributed by atoms with Crippen molar-refractivity contribution < 1.29 is 14.0 Å². The molecule has 5 nitrogen and oxygen atoms in total. The summed E-state index contributed by atoms with van der Waals surface area (Å²) in [6, 6.07) is 12.5. The maximum atomic E-state index is 13.4. The van der Waals surface area contributed by atoms with E-state index in [2.05, 4.69) is 15.8 Å². The van der Waals surface area contributed by atoms with Gasteiger partial charge in [0.25, 0.3) is 11.8 Å². The molecule has 2 amide bonds. The summed E-state index contributed by atoms with van der Waals surface area (Å²) in [4.78, 5) is 23.3. The number of carbonyl (C=O) groups is 2. The molecule has 0 atom stereocenters. The highest BCUT2D eigenvalue weighted by atomic mass is 35.5. The molecular formula is C16H13ClFN3O2. The summed E-state index contributed by atoms with van der Waals surface area (Å²) in [5.41, 5.74) is 2.76. The maximum absolute atomic E-state index is 13.4. The van der Waals surface area contributed by atoms with Gasteiger partial charge in [0.15, 0.2) is 0 Å². The predicted octanol–water partition coefficient (Wildman–Crippen LogP) is 2.36. The molecule has 0 aromatic heterocycles. The quantitative estimate of drug-likeness (QED) is 0.651. The molecule has 0 bridgehead atoms. The molecule has 0 saturated heterocycles. The number of amides is 2. The van der Waals surface area contributed by atoms with E-state index in [4.69, 9.17) is 11.6 Å². The molecule has 2 N–H and O–H groups in total. The first kappa shape index (κ1) is 16.6. The summed E-state index contributed by atoms with van der Waals surface area (Å²) in [6.07, 6.45) is 1.39. The molecule has 23 heavy (non-hydrogen) atoms. The van der Waals surface area contributed by atoms with Gasteiger partial charge >= 0.3 is 0 Å². The average Bonchev–Trinajstić information content (AvgIpc) is 2.55. The van der Waals surface area contributed by atoms with E-state index in [0.29, 0.717) is 10.6 Å². The minimum absolute atomic E-state index is 0.125. The number of nitrogens with zero attached hydrogens (tertiary/aromatic N) is 1. The molecule has 2 aromatic carbocycles. The first-order chi connectivity index (χ1) is 11.1. The molecule has 0 radical (unpaired) electrons. The van der Waals surface area contributed by atoms with Gasteiger partial charge in [-0.15, -0.1) is 0 Å². The molecule has 118 valence electrons. The molecule has 2 rings (SSSR count). The molecule has 0 saturated carbocycles. The van der Waals surface area contributed by atoms with Gasteiger partial charge in [-0.3, -0.25) is 9.59 Å². The molecule has 0 aliphatic heterocycles. The van der Waals surface area contributed by atoms with E-state index < -0.39 is 17.6 Å². The normalized spacial score (nSPS) is 10.5. The van der Waals surface area contributed by atoms with Gasteiger partial charge in [0, 0.05) is 10.6 Å². The molecule has 0 fully saturated rings. The highest BCUT2D eigenvalue weighted by molar-refractivity contribution is 6.33. The van der Waals surface area contributed by atoms with Crippen molar-refractivity contribution in [3.8, 4) is 0 Å². The third-order valence-electron chi connectivity index (χ3n) is 2.83. The molecule has 7 heteroatoms. The number of rotatable bonds is 5. The number of hydrazone groups is 1. The van der Waals surface area contributed by atoms with Crippen molar-refractivity contribution in [2.45, 2.75) is 0 Å². The molecule has 0 aliphatic carbocycles. The Morgan fingerprint density at radius 3 is 2.57 bits per heavy atom. The second kappa shape index (κ2) is 8.05. The summed E-state index contributed by atoms with van der Waals surface area (Å²) < 4.78 is 13.4. The summed E-state index contributed by atoms with van der Waals surface area (Å²) in [7, 11) is 0. The van der Waals surface area contributed by atoms with E-state index in [9.17, 15) is 14.0 Å². The molecule has 2 aromatic rings. The Bertz CT molecular complexity index is 750. The van der Waals surface area contributed by atoms with Gasteiger partial charge in [0.05, 0.1) is 18.3 Å². The maximum Gasteiger partial charge on any atom is 0.259 e. The van der Waals surface area contributed by atoms with Crippen LogP contribution in [0, 0.1) is 5.82 Å². The minimum Gasteiger partial charge on any atom is -0.343 e. The Labute approximate surface area is 137 Å². The van der Waals surface area contributed by atoms with Crippen LogP contribution < -0.4 is 10.7 Å². The van der Waals surface area contributed by atoms with E-state index in [1.54, 1.807) is 24.3 Å². The third kappa shape index (κ3) is 4.89. The van der Waals surface area contributed by atoms with Crippen molar-refractivity contribution in [2.75, 3.05) is 6.54 Å². The van der Waals surface area contributed by atoms with Crippen LogP contribution in [0.15, 0.2) is 53.6 Å². The topological polar surface area (TPSA) is 70.6 Å². The van der Waals surface area contributed by atoms with Crippen molar-refractivity contribution >= 4 is 29.6 Å². The Balaban J connectivity index is 1.83. The van der Waals surface area contributed by atoms with Crippen LogP contribution in [0.5, 0.6) is 0 Å². The lowest BCUT2D eigenvalue weighted by Gasteiger charge is -2.05. The SMILES string of the molecule is O=C(CNC(=O)c1ccccc1F)N/N=C\c1ccccc1Cl. The van der Waals surface area contributed by atoms with Crippen LogP contribution in [0.1, 0.15) is 15.9 Å². The van der Waals surface area contributed by atoms with Crippen molar-refractivity contribution in [1.29, 1.82) is 0 Å². The van der Waals surface area contributed by atoms with Crippen molar-refractivity contribution in [2.24, 2.45) is 5.10 Å².